The second kappa shape index (κ2) is 10.1. The number of sulfonamides is 1. The standard InChI is InChI=1S/C25H23F4N3O4S/c1-2-32(37(34,35)21-11-7-19(26)8-12-21)24(13-14-24)23(33)31-16-18-4-3-15-30-22(18)17-5-9-20(10-6-17)36-25(27,28)29/h3-12,15H,2,13-14,16H2,1H3,(H,31,33). The summed E-state index contributed by atoms with van der Waals surface area (Å²) in [4.78, 5) is 17.4. The summed E-state index contributed by atoms with van der Waals surface area (Å²) in [5.74, 6) is -1.43. The highest BCUT2D eigenvalue weighted by Gasteiger charge is 2.58. The number of rotatable bonds is 9. The van der Waals surface area contributed by atoms with Crippen LogP contribution in [0.15, 0.2) is 71.8 Å². The number of benzene rings is 2. The number of aromatic nitrogens is 1. The van der Waals surface area contributed by atoms with Crippen LogP contribution in [-0.2, 0) is 21.4 Å². The Hall–Kier alpha value is -3.51. The van der Waals surface area contributed by atoms with E-state index in [-0.39, 0.29) is 23.7 Å². The van der Waals surface area contributed by atoms with Gasteiger partial charge in [-0.1, -0.05) is 13.0 Å². The van der Waals surface area contributed by atoms with Gasteiger partial charge in [-0.25, -0.2) is 12.8 Å². The maximum atomic E-state index is 13.3. The van der Waals surface area contributed by atoms with Crippen molar-refractivity contribution in [2.24, 2.45) is 0 Å². The number of alkyl halides is 3. The van der Waals surface area contributed by atoms with Gasteiger partial charge in [0.25, 0.3) is 0 Å². The molecule has 2 aromatic carbocycles. The van der Waals surface area contributed by atoms with Gasteiger partial charge in [0.1, 0.15) is 17.1 Å². The molecule has 37 heavy (non-hydrogen) atoms. The number of pyridine rings is 1. The monoisotopic (exact) mass is 537 g/mol. The molecule has 1 saturated carbocycles. The molecule has 4 rings (SSSR count). The Labute approximate surface area is 211 Å². The molecule has 0 bridgehead atoms. The number of halogens is 4. The first-order chi connectivity index (χ1) is 17.5. The molecule has 196 valence electrons. The smallest absolute Gasteiger partial charge is 0.406 e. The Bertz CT molecular complexity index is 1370. The normalized spacial score (nSPS) is 14.9. The Kier molecular flexibility index (Phi) is 7.24. The third-order valence-electron chi connectivity index (χ3n) is 6.00. The zero-order valence-electron chi connectivity index (χ0n) is 19.6. The Balaban J connectivity index is 1.51. The van der Waals surface area contributed by atoms with Crippen molar-refractivity contribution >= 4 is 15.9 Å². The Morgan fingerprint density at radius 2 is 1.73 bits per heavy atom. The van der Waals surface area contributed by atoms with Gasteiger partial charge in [-0.3, -0.25) is 9.78 Å². The van der Waals surface area contributed by atoms with E-state index in [4.69, 9.17) is 0 Å². The van der Waals surface area contributed by atoms with E-state index >= 15 is 0 Å². The van der Waals surface area contributed by atoms with E-state index in [9.17, 15) is 30.8 Å². The fraction of sp³-hybridized carbons (Fsp3) is 0.280. The molecule has 1 amide bonds. The van der Waals surface area contributed by atoms with Gasteiger partial charge in [0.15, 0.2) is 0 Å². The fourth-order valence-corrected chi connectivity index (χ4v) is 5.94. The molecule has 7 nitrogen and oxygen atoms in total. The van der Waals surface area contributed by atoms with E-state index in [0.29, 0.717) is 29.7 Å². The van der Waals surface area contributed by atoms with Crippen LogP contribution in [0.4, 0.5) is 17.6 Å². The van der Waals surface area contributed by atoms with E-state index in [1.54, 1.807) is 19.1 Å². The number of hydrogen-bond acceptors (Lipinski definition) is 5. The second-order valence-electron chi connectivity index (χ2n) is 8.42. The van der Waals surface area contributed by atoms with Crippen molar-refractivity contribution in [2.75, 3.05) is 6.54 Å². The summed E-state index contributed by atoms with van der Waals surface area (Å²) in [6.45, 7) is 1.68. The maximum Gasteiger partial charge on any atom is 0.573 e. The SMILES string of the molecule is CCN(C1(C(=O)NCc2cccnc2-c2ccc(OC(F)(F)F)cc2)CC1)S(=O)(=O)c1ccc(F)cc1. The van der Waals surface area contributed by atoms with Crippen LogP contribution in [0, 0.1) is 5.82 Å². The number of amides is 1. The molecular weight excluding hydrogens is 514 g/mol. The molecule has 1 fully saturated rings. The molecule has 1 aliphatic rings. The second-order valence-corrected chi connectivity index (χ2v) is 10.3. The third-order valence-corrected chi connectivity index (χ3v) is 8.06. The lowest BCUT2D eigenvalue weighted by molar-refractivity contribution is -0.274. The predicted molar refractivity (Wildman–Crippen MR) is 126 cm³/mol. The quantitative estimate of drug-likeness (QED) is 0.402. The van der Waals surface area contributed by atoms with Gasteiger partial charge in [0.05, 0.1) is 10.6 Å². The predicted octanol–water partition coefficient (Wildman–Crippen LogP) is 4.65. The minimum Gasteiger partial charge on any atom is -0.406 e. The van der Waals surface area contributed by atoms with Crippen molar-refractivity contribution < 1.29 is 35.5 Å². The molecule has 0 spiro atoms. The van der Waals surface area contributed by atoms with E-state index < -0.39 is 33.6 Å². The van der Waals surface area contributed by atoms with Crippen LogP contribution in [0.5, 0.6) is 5.75 Å². The molecule has 1 aromatic heterocycles. The van der Waals surface area contributed by atoms with E-state index in [1.165, 1.54) is 30.5 Å². The lowest BCUT2D eigenvalue weighted by atomic mass is 10.1. The van der Waals surface area contributed by atoms with Crippen LogP contribution in [0.25, 0.3) is 11.3 Å². The Morgan fingerprint density at radius 3 is 2.30 bits per heavy atom. The number of hydrogen-bond donors (Lipinski definition) is 1. The number of nitrogens with zero attached hydrogens (tertiary/aromatic N) is 2. The number of likely N-dealkylation sites (N-methyl/N-ethyl adjacent to an activating group) is 1. The van der Waals surface area contributed by atoms with Gasteiger partial charge in [0, 0.05) is 24.8 Å². The number of carbonyl (C=O) groups excluding carboxylic acids is 1. The molecular formula is C25H23F4N3O4S. The van der Waals surface area contributed by atoms with Crippen molar-refractivity contribution in [2.45, 2.75) is 43.1 Å². The molecule has 0 aliphatic heterocycles. The third kappa shape index (κ3) is 5.75. The topological polar surface area (TPSA) is 88.6 Å². The summed E-state index contributed by atoms with van der Waals surface area (Å²) in [7, 11) is -4.06. The summed E-state index contributed by atoms with van der Waals surface area (Å²) >= 11 is 0. The molecule has 1 aliphatic carbocycles. The molecule has 0 unspecified atom stereocenters. The van der Waals surface area contributed by atoms with Gasteiger partial charge < -0.3 is 10.1 Å². The Morgan fingerprint density at radius 1 is 1.08 bits per heavy atom. The molecule has 0 radical (unpaired) electrons. The van der Waals surface area contributed by atoms with Gasteiger partial charge in [-0.15, -0.1) is 13.2 Å². The lowest BCUT2D eigenvalue weighted by Crippen LogP contribution is -2.51. The van der Waals surface area contributed by atoms with Crippen LogP contribution in [-0.4, -0.2) is 42.1 Å². The summed E-state index contributed by atoms with van der Waals surface area (Å²) in [5, 5.41) is 2.78. The highest BCUT2D eigenvalue weighted by molar-refractivity contribution is 7.89. The summed E-state index contributed by atoms with van der Waals surface area (Å²) in [6.07, 6.45) is -2.64. The van der Waals surface area contributed by atoms with Crippen molar-refractivity contribution in [1.29, 1.82) is 0 Å². The van der Waals surface area contributed by atoms with Crippen LogP contribution < -0.4 is 10.1 Å². The van der Waals surface area contributed by atoms with Gasteiger partial charge >= 0.3 is 6.36 Å². The first-order valence-corrected chi connectivity index (χ1v) is 12.8. The largest absolute Gasteiger partial charge is 0.573 e. The summed E-state index contributed by atoms with van der Waals surface area (Å²) in [5.41, 5.74) is 0.272. The van der Waals surface area contributed by atoms with E-state index in [2.05, 4.69) is 15.0 Å². The molecule has 0 saturated heterocycles. The molecule has 3 aromatic rings. The molecule has 0 atom stereocenters. The van der Waals surface area contributed by atoms with Crippen LogP contribution in [0.2, 0.25) is 0 Å². The zero-order chi connectivity index (χ0) is 26.8. The molecule has 1 heterocycles. The van der Waals surface area contributed by atoms with E-state index in [0.717, 1.165) is 28.6 Å². The maximum absolute atomic E-state index is 13.3. The van der Waals surface area contributed by atoms with E-state index in [1.807, 2.05) is 0 Å². The number of carbonyl (C=O) groups is 1. The average Bonchev–Trinajstić information content (AvgIpc) is 3.64. The summed E-state index contributed by atoms with van der Waals surface area (Å²) in [6, 6.07) is 12.9. The van der Waals surface area contributed by atoms with Crippen LogP contribution in [0.3, 0.4) is 0 Å². The van der Waals surface area contributed by atoms with Crippen molar-refractivity contribution in [1.82, 2.24) is 14.6 Å². The van der Waals surface area contributed by atoms with Crippen molar-refractivity contribution in [3.63, 3.8) is 0 Å². The molecule has 1 N–H and O–H groups in total. The molecule has 12 heteroatoms. The fourth-order valence-electron chi connectivity index (χ4n) is 4.14. The highest BCUT2D eigenvalue weighted by Crippen LogP contribution is 2.45. The zero-order valence-corrected chi connectivity index (χ0v) is 20.4. The van der Waals surface area contributed by atoms with Crippen molar-refractivity contribution in [3.8, 4) is 17.0 Å². The van der Waals surface area contributed by atoms with Crippen LogP contribution >= 0.6 is 0 Å². The average molecular weight is 538 g/mol. The van der Waals surface area contributed by atoms with Crippen LogP contribution in [0.1, 0.15) is 25.3 Å². The van der Waals surface area contributed by atoms with Gasteiger partial charge in [0.2, 0.25) is 15.9 Å². The van der Waals surface area contributed by atoms with Gasteiger partial charge in [-0.2, -0.15) is 4.31 Å². The van der Waals surface area contributed by atoms with Crippen molar-refractivity contribution in [3.05, 3.63) is 78.2 Å². The lowest BCUT2D eigenvalue weighted by Gasteiger charge is -2.29. The number of nitrogens with one attached hydrogen (secondary N) is 1. The van der Waals surface area contributed by atoms with Gasteiger partial charge in [-0.05, 0) is 73.0 Å². The first kappa shape index (κ1) is 26.6. The highest BCUT2D eigenvalue weighted by atomic mass is 32.2. The minimum absolute atomic E-state index is 0.0126. The first-order valence-electron chi connectivity index (χ1n) is 11.3. The summed E-state index contributed by atoms with van der Waals surface area (Å²) < 4.78 is 82.1. The minimum atomic E-state index is -4.81. The number of ether oxygens (including phenoxy) is 1.